The molecule has 1 atom stereocenters. The molecule has 0 saturated carbocycles. The van der Waals surface area contributed by atoms with Crippen molar-refractivity contribution >= 4 is 40.2 Å². The number of anilines is 1. The average molecular weight is 291 g/mol. The molecule has 0 radical (unpaired) electrons. The minimum Gasteiger partial charge on any atom is -0.309 e. The Morgan fingerprint density at radius 3 is 3.00 bits per heavy atom. The molecule has 2 rings (SSSR count). The number of carbonyl (C=O) groups excluding carboxylic acids is 1. The lowest BCUT2D eigenvalue weighted by Gasteiger charge is -2.16. The Kier molecular flexibility index (Phi) is 2.97. The molecular formula is C9H8BrFN2OS. The van der Waals surface area contributed by atoms with Crippen LogP contribution >= 0.6 is 28.6 Å². The van der Waals surface area contributed by atoms with Crippen LogP contribution in [0.2, 0.25) is 0 Å². The van der Waals surface area contributed by atoms with E-state index in [1.54, 1.807) is 0 Å². The van der Waals surface area contributed by atoms with Crippen molar-refractivity contribution in [3.63, 3.8) is 0 Å². The second-order valence-corrected chi connectivity index (χ2v) is 4.81. The van der Waals surface area contributed by atoms with Gasteiger partial charge in [-0.2, -0.15) is 12.6 Å². The second kappa shape index (κ2) is 4.09. The molecule has 80 valence electrons. The predicted molar refractivity (Wildman–Crippen MR) is 61.6 cm³/mol. The van der Waals surface area contributed by atoms with Gasteiger partial charge in [0.05, 0.1) is 11.9 Å². The third-order valence-corrected chi connectivity index (χ3v) is 3.14. The van der Waals surface area contributed by atoms with Gasteiger partial charge in [-0.25, -0.2) is 9.37 Å². The number of nitrogens with zero attached hydrogens (tertiary/aromatic N) is 2. The molecule has 1 aromatic heterocycles. The maximum Gasteiger partial charge on any atom is 0.228 e. The zero-order valence-electron chi connectivity index (χ0n) is 7.65. The highest BCUT2D eigenvalue weighted by Gasteiger charge is 2.29. The Labute approximate surface area is 100 Å². The summed E-state index contributed by atoms with van der Waals surface area (Å²) in [6.45, 7) is 0.492. The third-order valence-electron chi connectivity index (χ3n) is 2.18. The Morgan fingerprint density at radius 1 is 1.67 bits per heavy atom. The Morgan fingerprint density at radius 2 is 2.40 bits per heavy atom. The zero-order chi connectivity index (χ0) is 11.0. The van der Waals surface area contributed by atoms with Gasteiger partial charge in [0.25, 0.3) is 0 Å². The normalized spacial score (nSPS) is 21.1. The molecule has 0 aromatic carbocycles. The largest absolute Gasteiger partial charge is 0.309 e. The van der Waals surface area contributed by atoms with E-state index in [2.05, 4.69) is 33.5 Å². The van der Waals surface area contributed by atoms with Crippen LogP contribution in [0.15, 0.2) is 16.9 Å². The number of halogens is 2. The maximum absolute atomic E-state index is 13.0. The van der Waals surface area contributed by atoms with Crippen LogP contribution in [0.4, 0.5) is 10.1 Å². The van der Waals surface area contributed by atoms with Crippen molar-refractivity contribution in [3.8, 4) is 0 Å². The number of pyridine rings is 1. The lowest BCUT2D eigenvalue weighted by atomic mass is 10.3. The Balaban J connectivity index is 2.37. The van der Waals surface area contributed by atoms with Gasteiger partial charge in [-0.05, 0) is 15.9 Å². The molecule has 1 aliphatic rings. The lowest BCUT2D eigenvalue weighted by Crippen LogP contribution is -2.25. The fourth-order valence-corrected chi connectivity index (χ4v) is 2.27. The van der Waals surface area contributed by atoms with Crippen molar-refractivity contribution in [2.75, 3.05) is 11.4 Å². The van der Waals surface area contributed by atoms with Crippen LogP contribution in [0, 0.1) is 5.82 Å². The summed E-state index contributed by atoms with van der Waals surface area (Å²) < 4.78 is 13.5. The summed E-state index contributed by atoms with van der Waals surface area (Å²) in [7, 11) is 0. The first-order valence-corrected chi connectivity index (χ1v) is 5.68. The van der Waals surface area contributed by atoms with Crippen molar-refractivity contribution in [2.45, 2.75) is 11.7 Å². The van der Waals surface area contributed by atoms with Gasteiger partial charge < -0.3 is 4.90 Å². The number of thiol groups is 1. The molecule has 0 bridgehead atoms. The minimum atomic E-state index is -0.455. The van der Waals surface area contributed by atoms with E-state index < -0.39 is 5.82 Å². The molecule has 1 unspecified atom stereocenters. The minimum absolute atomic E-state index is 0.00710. The van der Waals surface area contributed by atoms with E-state index in [1.165, 1.54) is 11.0 Å². The monoisotopic (exact) mass is 290 g/mol. The zero-order valence-corrected chi connectivity index (χ0v) is 10.1. The van der Waals surface area contributed by atoms with E-state index in [-0.39, 0.29) is 11.2 Å². The van der Waals surface area contributed by atoms with Crippen LogP contribution in [0.5, 0.6) is 0 Å². The molecule has 15 heavy (non-hydrogen) atoms. The highest BCUT2D eigenvalue weighted by Crippen LogP contribution is 2.29. The molecule has 1 aromatic rings. The van der Waals surface area contributed by atoms with Crippen LogP contribution in [-0.2, 0) is 4.79 Å². The van der Waals surface area contributed by atoms with Gasteiger partial charge in [0.1, 0.15) is 10.4 Å². The summed E-state index contributed by atoms with van der Waals surface area (Å²) in [4.78, 5) is 16.9. The lowest BCUT2D eigenvalue weighted by molar-refractivity contribution is -0.117. The molecule has 3 nitrogen and oxygen atoms in total. The van der Waals surface area contributed by atoms with Gasteiger partial charge in [0.15, 0.2) is 0 Å². The highest BCUT2D eigenvalue weighted by molar-refractivity contribution is 9.10. The molecule has 1 amide bonds. The van der Waals surface area contributed by atoms with Gasteiger partial charge >= 0.3 is 0 Å². The number of hydrogen-bond donors (Lipinski definition) is 1. The highest BCUT2D eigenvalue weighted by atomic mass is 79.9. The van der Waals surface area contributed by atoms with Crippen molar-refractivity contribution in [1.29, 1.82) is 0 Å². The summed E-state index contributed by atoms with van der Waals surface area (Å²) >= 11 is 7.42. The fourth-order valence-electron chi connectivity index (χ4n) is 1.52. The van der Waals surface area contributed by atoms with Crippen LogP contribution in [0.1, 0.15) is 6.42 Å². The maximum atomic E-state index is 13.0. The quantitative estimate of drug-likeness (QED) is 0.634. The SMILES string of the molecule is O=C1CC(S)CN1c1cc(F)cnc1Br. The molecule has 1 saturated heterocycles. The van der Waals surface area contributed by atoms with Gasteiger partial charge in [0.2, 0.25) is 5.91 Å². The van der Waals surface area contributed by atoms with Gasteiger partial charge in [0, 0.05) is 24.3 Å². The van der Waals surface area contributed by atoms with Crippen molar-refractivity contribution in [2.24, 2.45) is 0 Å². The first kappa shape index (κ1) is 10.9. The van der Waals surface area contributed by atoms with Gasteiger partial charge in [-0.1, -0.05) is 0 Å². The molecule has 1 fully saturated rings. The molecular weight excluding hydrogens is 283 g/mol. The molecule has 0 spiro atoms. The third kappa shape index (κ3) is 2.15. The first-order valence-electron chi connectivity index (χ1n) is 4.37. The number of carbonyl (C=O) groups is 1. The average Bonchev–Trinajstić information content (AvgIpc) is 2.50. The standard InChI is InChI=1S/C9H8BrFN2OS/c10-9-7(1-5(11)3-12-9)13-4-6(15)2-8(13)14/h1,3,6,15H,2,4H2. The summed E-state index contributed by atoms with van der Waals surface area (Å²) in [5.41, 5.74) is 0.469. The number of aromatic nitrogens is 1. The summed E-state index contributed by atoms with van der Waals surface area (Å²) in [6.07, 6.45) is 1.48. The van der Waals surface area contributed by atoms with Gasteiger partial charge in [-0.15, -0.1) is 0 Å². The van der Waals surface area contributed by atoms with E-state index in [4.69, 9.17) is 0 Å². The van der Waals surface area contributed by atoms with Crippen molar-refractivity contribution < 1.29 is 9.18 Å². The van der Waals surface area contributed by atoms with Crippen molar-refractivity contribution in [3.05, 3.63) is 22.7 Å². The molecule has 1 aliphatic heterocycles. The van der Waals surface area contributed by atoms with E-state index >= 15 is 0 Å². The molecule has 0 aliphatic carbocycles. The van der Waals surface area contributed by atoms with E-state index in [1.807, 2.05) is 0 Å². The number of rotatable bonds is 1. The summed E-state index contributed by atoms with van der Waals surface area (Å²) in [6, 6.07) is 1.29. The predicted octanol–water partition coefficient (Wildman–Crippen LogP) is 2.02. The number of hydrogen-bond acceptors (Lipinski definition) is 3. The number of amides is 1. The van der Waals surface area contributed by atoms with E-state index in [9.17, 15) is 9.18 Å². The van der Waals surface area contributed by atoms with Gasteiger partial charge in [-0.3, -0.25) is 4.79 Å². The Bertz CT molecular complexity index is 415. The van der Waals surface area contributed by atoms with E-state index in [0.717, 1.165) is 6.20 Å². The summed E-state index contributed by atoms with van der Waals surface area (Å²) in [5.74, 6) is -0.508. The van der Waals surface area contributed by atoms with E-state index in [0.29, 0.717) is 23.3 Å². The van der Waals surface area contributed by atoms with Crippen LogP contribution in [-0.4, -0.2) is 22.7 Å². The van der Waals surface area contributed by atoms with Crippen LogP contribution < -0.4 is 4.90 Å². The topological polar surface area (TPSA) is 33.2 Å². The first-order chi connectivity index (χ1) is 7.08. The van der Waals surface area contributed by atoms with Crippen LogP contribution in [0.3, 0.4) is 0 Å². The smallest absolute Gasteiger partial charge is 0.228 e. The molecule has 6 heteroatoms. The summed E-state index contributed by atoms with van der Waals surface area (Å²) in [5, 5.41) is 0.00710. The molecule has 2 heterocycles. The van der Waals surface area contributed by atoms with Crippen molar-refractivity contribution in [1.82, 2.24) is 4.98 Å². The van der Waals surface area contributed by atoms with Crippen LogP contribution in [0.25, 0.3) is 0 Å². The fraction of sp³-hybridized carbons (Fsp3) is 0.333. The molecule has 0 N–H and O–H groups in total. The second-order valence-electron chi connectivity index (χ2n) is 3.33. The Hall–Kier alpha value is -0.620.